The summed E-state index contributed by atoms with van der Waals surface area (Å²) in [7, 11) is 1.61. The van der Waals surface area contributed by atoms with Crippen LogP contribution >= 0.6 is 0 Å². The summed E-state index contributed by atoms with van der Waals surface area (Å²) in [6.07, 6.45) is 2.54. The number of carbonyl (C=O) groups is 2. The fraction of sp³-hybridized carbons (Fsp3) is 0.833. The number of carbonyl (C=O) groups excluding carboxylic acids is 1. The molecule has 1 saturated carbocycles. The number of methoxy groups -OCH3 is 1. The average Bonchev–Trinajstić information content (AvgIpc) is 3.13. The van der Waals surface area contributed by atoms with E-state index >= 15 is 0 Å². The Labute approximate surface area is 107 Å². The van der Waals surface area contributed by atoms with Crippen molar-refractivity contribution >= 4 is 12.0 Å². The number of amides is 2. The molecule has 0 radical (unpaired) electrons. The lowest BCUT2D eigenvalue weighted by atomic mass is 10.1. The smallest absolute Gasteiger partial charge is 0.317 e. The van der Waals surface area contributed by atoms with Crippen LogP contribution < -0.4 is 5.32 Å². The highest BCUT2D eigenvalue weighted by Gasteiger charge is 2.32. The maximum atomic E-state index is 11.9. The lowest BCUT2D eigenvalue weighted by Crippen LogP contribution is -2.43. The summed E-state index contributed by atoms with van der Waals surface area (Å²) in [4.78, 5) is 24.3. The SMILES string of the molecule is COCCN(C(=O)NCCC(C)C(=O)O)C1CC1. The van der Waals surface area contributed by atoms with Gasteiger partial charge in [-0.1, -0.05) is 6.92 Å². The van der Waals surface area contributed by atoms with Gasteiger partial charge in [-0.05, 0) is 19.3 Å². The Balaban J connectivity index is 2.26. The molecule has 1 unspecified atom stereocenters. The van der Waals surface area contributed by atoms with E-state index in [0.29, 0.717) is 32.2 Å². The van der Waals surface area contributed by atoms with Crippen LogP contribution in [0.1, 0.15) is 26.2 Å². The zero-order valence-electron chi connectivity index (χ0n) is 11.0. The van der Waals surface area contributed by atoms with Crippen LogP contribution in [0.15, 0.2) is 0 Å². The van der Waals surface area contributed by atoms with E-state index in [-0.39, 0.29) is 6.03 Å². The summed E-state index contributed by atoms with van der Waals surface area (Å²) >= 11 is 0. The molecule has 18 heavy (non-hydrogen) atoms. The molecule has 0 saturated heterocycles. The van der Waals surface area contributed by atoms with Crippen molar-refractivity contribution in [3.8, 4) is 0 Å². The molecule has 6 heteroatoms. The van der Waals surface area contributed by atoms with Crippen LogP contribution in [0, 0.1) is 5.92 Å². The Morgan fingerprint density at radius 3 is 2.67 bits per heavy atom. The van der Waals surface area contributed by atoms with Crippen molar-refractivity contribution in [2.75, 3.05) is 26.8 Å². The predicted molar refractivity (Wildman–Crippen MR) is 66.4 cm³/mol. The molecule has 1 atom stereocenters. The number of urea groups is 1. The minimum Gasteiger partial charge on any atom is -0.481 e. The van der Waals surface area contributed by atoms with Gasteiger partial charge in [0.15, 0.2) is 0 Å². The maximum absolute atomic E-state index is 11.9. The number of aliphatic carboxylic acids is 1. The molecule has 0 aliphatic heterocycles. The van der Waals surface area contributed by atoms with E-state index in [0.717, 1.165) is 12.8 Å². The van der Waals surface area contributed by atoms with Crippen LogP contribution in [-0.2, 0) is 9.53 Å². The van der Waals surface area contributed by atoms with E-state index in [4.69, 9.17) is 9.84 Å². The molecule has 1 aliphatic rings. The van der Waals surface area contributed by atoms with Gasteiger partial charge in [0.05, 0.1) is 12.5 Å². The molecule has 0 heterocycles. The van der Waals surface area contributed by atoms with Crippen molar-refractivity contribution in [2.45, 2.75) is 32.2 Å². The number of ether oxygens (including phenoxy) is 1. The number of hydrogen-bond acceptors (Lipinski definition) is 3. The van der Waals surface area contributed by atoms with Gasteiger partial charge in [0, 0.05) is 26.2 Å². The van der Waals surface area contributed by atoms with Gasteiger partial charge in [0.1, 0.15) is 0 Å². The first-order chi connectivity index (χ1) is 8.56. The summed E-state index contributed by atoms with van der Waals surface area (Å²) < 4.78 is 4.98. The third-order valence-electron chi connectivity index (χ3n) is 3.06. The third-order valence-corrected chi connectivity index (χ3v) is 3.06. The molecular formula is C12H22N2O4. The Hall–Kier alpha value is -1.30. The topological polar surface area (TPSA) is 78.9 Å². The first kappa shape index (κ1) is 14.8. The van der Waals surface area contributed by atoms with E-state index in [9.17, 15) is 9.59 Å². The zero-order chi connectivity index (χ0) is 13.5. The largest absolute Gasteiger partial charge is 0.481 e. The van der Waals surface area contributed by atoms with E-state index in [2.05, 4.69) is 5.32 Å². The molecule has 0 aromatic carbocycles. The summed E-state index contributed by atoms with van der Waals surface area (Å²) in [5.74, 6) is -1.26. The number of nitrogens with one attached hydrogen (secondary N) is 1. The molecule has 2 amide bonds. The first-order valence-electron chi connectivity index (χ1n) is 6.32. The van der Waals surface area contributed by atoms with E-state index in [1.54, 1.807) is 18.9 Å². The van der Waals surface area contributed by atoms with Crippen LogP contribution in [0.25, 0.3) is 0 Å². The minimum atomic E-state index is -0.831. The molecule has 1 fully saturated rings. The Kier molecular flexibility index (Phi) is 5.91. The molecular weight excluding hydrogens is 236 g/mol. The molecule has 2 N–H and O–H groups in total. The zero-order valence-corrected chi connectivity index (χ0v) is 11.0. The summed E-state index contributed by atoms with van der Waals surface area (Å²) in [6, 6.07) is 0.212. The molecule has 0 spiro atoms. The van der Waals surface area contributed by atoms with Gasteiger partial charge in [0.2, 0.25) is 0 Å². The van der Waals surface area contributed by atoms with E-state index < -0.39 is 11.9 Å². The second-order valence-electron chi connectivity index (χ2n) is 4.68. The van der Waals surface area contributed by atoms with E-state index in [1.807, 2.05) is 0 Å². The Morgan fingerprint density at radius 2 is 2.17 bits per heavy atom. The Morgan fingerprint density at radius 1 is 1.50 bits per heavy atom. The van der Waals surface area contributed by atoms with Crippen molar-refractivity contribution in [3.05, 3.63) is 0 Å². The molecule has 1 rings (SSSR count). The second kappa shape index (κ2) is 7.20. The van der Waals surface area contributed by atoms with Gasteiger partial charge in [-0.2, -0.15) is 0 Å². The average molecular weight is 258 g/mol. The standard InChI is InChI=1S/C12H22N2O4/c1-9(11(15)16)5-6-13-12(17)14(7-8-18-2)10-3-4-10/h9-10H,3-8H2,1-2H3,(H,13,17)(H,15,16). The van der Waals surface area contributed by atoms with Gasteiger partial charge in [0.25, 0.3) is 0 Å². The van der Waals surface area contributed by atoms with Crippen LogP contribution in [0.4, 0.5) is 4.79 Å². The highest BCUT2D eigenvalue weighted by molar-refractivity contribution is 5.75. The monoisotopic (exact) mass is 258 g/mol. The second-order valence-corrected chi connectivity index (χ2v) is 4.68. The highest BCUT2D eigenvalue weighted by atomic mass is 16.5. The first-order valence-corrected chi connectivity index (χ1v) is 6.32. The van der Waals surface area contributed by atoms with Crippen LogP contribution in [0.2, 0.25) is 0 Å². The van der Waals surface area contributed by atoms with Crippen molar-refractivity contribution in [3.63, 3.8) is 0 Å². The molecule has 0 aromatic rings. The van der Waals surface area contributed by atoms with Crippen molar-refractivity contribution in [1.29, 1.82) is 0 Å². The van der Waals surface area contributed by atoms with Crippen LogP contribution in [0.5, 0.6) is 0 Å². The van der Waals surface area contributed by atoms with Gasteiger partial charge in [-0.15, -0.1) is 0 Å². The van der Waals surface area contributed by atoms with Crippen LogP contribution in [-0.4, -0.2) is 54.9 Å². The van der Waals surface area contributed by atoms with Crippen molar-refractivity contribution < 1.29 is 19.4 Å². The Bertz CT molecular complexity index is 292. The molecule has 1 aliphatic carbocycles. The number of hydrogen-bond donors (Lipinski definition) is 2. The van der Waals surface area contributed by atoms with Crippen LogP contribution in [0.3, 0.4) is 0 Å². The van der Waals surface area contributed by atoms with E-state index in [1.165, 1.54) is 0 Å². The maximum Gasteiger partial charge on any atom is 0.317 e. The molecule has 104 valence electrons. The van der Waals surface area contributed by atoms with Gasteiger partial charge in [-0.25, -0.2) is 4.79 Å². The fourth-order valence-electron chi connectivity index (χ4n) is 1.65. The normalized spacial score (nSPS) is 16.1. The summed E-state index contributed by atoms with van der Waals surface area (Å²) in [6.45, 7) is 3.14. The van der Waals surface area contributed by atoms with Gasteiger partial charge >= 0.3 is 12.0 Å². The van der Waals surface area contributed by atoms with Crippen molar-refractivity contribution in [1.82, 2.24) is 10.2 Å². The predicted octanol–water partition coefficient (Wildman–Crippen LogP) is 0.918. The third kappa shape index (κ3) is 4.91. The summed E-state index contributed by atoms with van der Waals surface area (Å²) in [5, 5.41) is 11.5. The molecule has 0 bridgehead atoms. The van der Waals surface area contributed by atoms with Gasteiger partial charge in [-0.3, -0.25) is 4.79 Å². The molecule has 6 nitrogen and oxygen atoms in total. The molecule has 0 aromatic heterocycles. The number of carboxylic acids is 1. The quantitative estimate of drug-likeness (QED) is 0.678. The number of nitrogens with zero attached hydrogens (tertiary/aromatic N) is 1. The fourth-order valence-corrected chi connectivity index (χ4v) is 1.65. The number of carboxylic acid groups (broad SMARTS) is 1. The van der Waals surface area contributed by atoms with Gasteiger partial charge < -0.3 is 20.1 Å². The lowest BCUT2D eigenvalue weighted by molar-refractivity contribution is -0.141. The summed E-state index contributed by atoms with van der Waals surface area (Å²) in [5.41, 5.74) is 0. The highest BCUT2D eigenvalue weighted by Crippen LogP contribution is 2.26. The number of rotatable bonds is 8. The lowest BCUT2D eigenvalue weighted by Gasteiger charge is -2.22. The van der Waals surface area contributed by atoms with Crippen molar-refractivity contribution in [2.24, 2.45) is 5.92 Å². The minimum absolute atomic E-state index is 0.118.